The number of nitrogens with zero attached hydrogens (tertiary/aromatic N) is 4. The Bertz CT molecular complexity index is 1210. The van der Waals surface area contributed by atoms with E-state index < -0.39 is 0 Å². The van der Waals surface area contributed by atoms with Crippen LogP contribution < -0.4 is 10.2 Å². The lowest BCUT2D eigenvalue weighted by atomic mass is 10.1. The molecule has 1 amide bonds. The number of benzene rings is 2. The zero-order valence-electron chi connectivity index (χ0n) is 17.2. The van der Waals surface area contributed by atoms with Gasteiger partial charge in [0.05, 0.1) is 16.9 Å². The van der Waals surface area contributed by atoms with Gasteiger partial charge in [0.1, 0.15) is 0 Å². The molecule has 148 valence electrons. The number of fused-ring (bicyclic) bond motifs is 3. The van der Waals surface area contributed by atoms with Crippen molar-refractivity contribution in [2.45, 2.75) is 26.7 Å². The second kappa shape index (κ2) is 7.54. The highest BCUT2D eigenvalue weighted by Gasteiger charge is 2.15. The molecular formula is C23H25N5O. The van der Waals surface area contributed by atoms with E-state index in [1.165, 1.54) is 0 Å². The van der Waals surface area contributed by atoms with Gasteiger partial charge in [-0.2, -0.15) is 5.10 Å². The van der Waals surface area contributed by atoms with Crippen LogP contribution in [0.1, 0.15) is 23.4 Å². The lowest BCUT2D eigenvalue weighted by molar-refractivity contribution is -0.116. The quantitative estimate of drug-likeness (QED) is 0.559. The van der Waals surface area contributed by atoms with Crippen LogP contribution in [0.3, 0.4) is 0 Å². The summed E-state index contributed by atoms with van der Waals surface area (Å²) in [6, 6.07) is 15.8. The zero-order valence-corrected chi connectivity index (χ0v) is 17.2. The molecule has 0 aliphatic carbocycles. The van der Waals surface area contributed by atoms with Gasteiger partial charge in [0.2, 0.25) is 5.91 Å². The van der Waals surface area contributed by atoms with Crippen LogP contribution in [0.15, 0.2) is 48.5 Å². The van der Waals surface area contributed by atoms with Crippen molar-refractivity contribution < 1.29 is 4.79 Å². The van der Waals surface area contributed by atoms with Crippen LogP contribution >= 0.6 is 0 Å². The number of carbonyl (C=O) groups is 1. The molecule has 0 radical (unpaired) electrons. The SMILES string of the molecule is Cc1nc2c3ccccc3nn2c(C)c1CCC(=O)Nc1ccccc1N(C)C. The van der Waals surface area contributed by atoms with Crippen molar-refractivity contribution in [3.8, 4) is 0 Å². The van der Waals surface area contributed by atoms with Crippen LogP contribution in [0.4, 0.5) is 11.4 Å². The van der Waals surface area contributed by atoms with Gasteiger partial charge in [-0.3, -0.25) is 4.79 Å². The molecule has 29 heavy (non-hydrogen) atoms. The summed E-state index contributed by atoms with van der Waals surface area (Å²) in [5, 5.41) is 8.77. The first-order valence-corrected chi connectivity index (χ1v) is 9.75. The Hall–Kier alpha value is -3.41. The third-order valence-electron chi connectivity index (χ3n) is 5.28. The molecule has 4 aromatic rings. The summed E-state index contributed by atoms with van der Waals surface area (Å²) in [6.45, 7) is 4.05. The summed E-state index contributed by atoms with van der Waals surface area (Å²) in [5.41, 5.74) is 6.65. The van der Waals surface area contributed by atoms with E-state index in [9.17, 15) is 4.79 Å². The molecule has 0 fully saturated rings. The summed E-state index contributed by atoms with van der Waals surface area (Å²) in [4.78, 5) is 19.4. The van der Waals surface area contributed by atoms with Gasteiger partial charge in [-0.05, 0) is 50.1 Å². The van der Waals surface area contributed by atoms with Crippen LogP contribution in [-0.4, -0.2) is 34.6 Å². The molecule has 2 aromatic carbocycles. The topological polar surface area (TPSA) is 62.5 Å². The monoisotopic (exact) mass is 387 g/mol. The van der Waals surface area contributed by atoms with Crippen LogP contribution in [-0.2, 0) is 11.2 Å². The number of rotatable bonds is 5. The number of aryl methyl sites for hydroxylation is 2. The van der Waals surface area contributed by atoms with E-state index in [2.05, 4.69) is 5.32 Å². The van der Waals surface area contributed by atoms with Gasteiger partial charge < -0.3 is 10.2 Å². The van der Waals surface area contributed by atoms with E-state index in [-0.39, 0.29) is 5.91 Å². The predicted octanol–water partition coefficient (Wildman–Crippen LogP) is 4.14. The molecule has 0 spiro atoms. The second-order valence-corrected chi connectivity index (χ2v) is 7.47. The number of hydrogen-bond acceptors (Lipinski definition) is 4. The molecule has 4 rings (SSSR count). The molecule has 0 saturated heterocycles. The number of amides is 1. The summed E-state index contributed by atoms with van der Waals surface area (Å²) in [5.74, 6) is -0.0103. The van der Waals surface area contributed by atoms with E-state index in [0.29, 0.717) is 12.8 Å². The van der Waals surface area contributed by atoms with E-state index in [0.717, 1.165) is 44.9 Å². The summed E-state index contributed by atoms with van der Waals surface area (Å²) in [7, 11) is 3.93. The molecule has 6 nitrogen and oxygen atoms in total. The predicted molar refractivity (Wildman–Crippen MR) is 118 cm³/mol. The van der Waals surface area contributed by atoms with Crippen molar-refractivity contribution >= 4 is 33.8 Å². The molecule has 0 saturated carbocycles. The average Bonchev–Trinajstić information content (AvgIpc) is 3.07. The van der Waals surface area contributed by atoms with E-state index in [1.807, 2.05) is 85.9 Å². The molecule has 2 heterocycles. The Balaban J connectivity index is 1.57. The van der Waals surface area contributed by atoms with Crippen molar-refractivity contribution in [2.24, 2.45) is 0 Å². The third-order valence-corrected chi connectivity index (χ3v) is 5.28. The third kappa shape index (κ3) is 3.53. The number of para-hydroxylation sites is 2. The van der Waals surface area contributed by atoms with Gasteiger partial charge in [0.15, 0.2) is 5.65 Å². The maximum Gasteiger partial charge on any atom is 0.224 e. The first-order chi connectivity index (χ1) is 14.0. The maximum absolute atomic E-state index is 12.6. The normalized spacial score (nSPS) is 11.2. The van der Waals surface area contributed by atoms with Crippen molar-refractivity contribution in [1.29, 1.82) is 0 Å². The van der Waals surface area contributed by atoms with Gasteiger partial charge in [-0.25, -0.2) is 9.50 Å². The molecular weight excluding hydrogens is 362 g/mol. The highest BCUT2D eigenvalue weighted by Crippen LogP contribution is 2.25. The summed E-state index contributed by atoms with van der Waals surface area (Å²) in [6.07, 6.45) is 1.00. The first-order valence-electron chi connectivity index (χ1n) is 9.75. The number of aromatic nitrogens is 3. The van der Waals surface area contributed by atoms with Crippen LogP contribution in [0.25, 0.3) is 16.6 Å². The van der Waals surface area contributed by atoms with E-state index >= 15 is 0 Å². The Labute approximate surface area is 170 Å². The highest BCUT2D eigenvalue weighted by atomic mass is 16.1. The minimum Gasteiger partial charge on any atom is -0.376 e. The molecule has 2 aromatic heterocycles. The minimum atomic E-state index is -0.0103. The number of anilines is 2. The molecule has 0 aliphatic heterocycles. The number of nitrogens with one attached hydrogen (secondary N) is 1. The molecule has 1 N–H and O–H groups in total. The number of carbonyl (C=O) groups excluding carboxylic acids is 1. The van der Waals surface area contributed by atoms with Crippen molar-refractivity contribution in [3.05, 3.63) is 65.5 Å². The molecule has 0 bridgehead atoms. The summed E-state index contributed by atoms with van der Waals surface area (Å²) < 4.78 is 1.90. The van der Waals surface area contributed by atoms with Crippen molar-refractivity contribution in [2.75, 3.05) is 24.3 Å². The van der Waals surface area contributed by atoms with Crippen molar-refractivity contribution in [3.63, 3.8) is 0 Å². The Morgan fingerprint density at radius 1 is 1.07 bits per heavy atom. The van der Waals surface area contributed by atoms with Crippen molar-refractivity contribution in [1.82, 2.24) is 14.6 Å². The van der Waals surface area contributed by atoms with Crippen LogP contribution in [0.2, 0.25) is 0 Å². The fraction of sp³-hybridized carbons (Fsp3) is 0.261. The standard InChI is InChI=1S/C23H25N5O/c1-15-17(13-14-22(29)25-20-11-7-8-12-21(20)27(3)4)16(2)28-23(24-15)18-9-5-6-10-19(18)26-28/h5-12H,13-14H2,1-4H3,(H,25,29). The Morgan fingerprint density at radius 2 is 1.79 bits per heavy atom. The van der Waals surface area contributed by atoms with Gasteiger partial charge in [0, 0.05) is 37.3 Å². The van der Waals surface area contributed by atoms with E-state index in [1.54, 1.807) is 0 Å². The minimum absolute atomic E-state index is 0.0103. The van der Waals surface area contributed by atoms with Crippen LogP contribution in [0, 0.1) is 13.8 Å². The lowest BCUT2D eigenvalue weighted by Crippen LogP contribution is -2.17. The van der Waals surface area contributed by atoms with Crippen LogP contribution in [0.5, 0.6) is 0 Å². The largest absolute Gasteiger partial charge is 0.376 e. The first kappa shape index (κ1) is 18.9. The lowest BCUT2D eigenvalue weighted by Gasteiger charge is -2.18. The van der Waals surface area contributed by atoms with Gasteiger partial charge in [-0.15, -0.1) is 0 Å². The Kier molecular flexibility index (Phi) is 4.92. The zero-order chi connectivity index (χ0) is 20.5. The molecule has 0 aliphatic rings. The molecule has 6 heteroatoms. The second-order valence-electron chi connectivity index (χ2n) is 7.47. The average molecular weight is 387 g/mol. The fourth-order valence-corrected chi connectivity index (χ4v) is 3.76. The van der Waals surface area contributed by atoms with Gasteiger partial charge in [-0.1, -0.05) is 24.3 Å². The number of hydrogen-bond donors (Lipinski definition) is 1. The Morgan fingerprint density at radius 3 is 2.59 bits per heavy atom. The van der Waals surface area contributed by atoms with Gasteiger partial charge >= 0.3 is 0 Å². The van der Waals surface area contributed by atoms with Gasteiger partial charge in [0.25, 0.3) is 0 Å². The smallest absolute Gasteiger partial charge is 0.224 e. The molecule has 0 unspecified atom stereocenters. The highest BCUT2D eigenvalue weighted by molar-refractivity contribution is 5.94. The van der Waals surface area contributed by atoms with E-state index in [4.69, 9.17) is 10.1 Å². The summed E-state index contributed by atoms with van der Waals surface area (Å²) >= 11 is 0. The fourth-order valence-electron chi connectivity index (χ4n) is 3.76. The maximum atomic E-state index is 12.6. The molecule has 0 atom stereocenters.